The number of nitrogens with zero attached hydrogens (tertiary/aromatic N) is 2. The van der Waals surface area contributed by atoms with Gasteiger partial charge in [0, 0.05) is 19.6 Å². The van der Waals surface area contributed by atoms with Gasteiger partial charge in [-0.05, 0) is 26.2 Å². The van der Waals surface area contributed by atoms with E-state index in [1.807, 2.05) is 20.8 Å². The number of hydrogen-bond acceptors (Lipinski definition) is 3. The standard InChI is InChI=1S/C13H22N2O4/c1-8-4-5-15(11(8)12(16)17)13(18)14-6-9(2)19-10(3)7-14/h8-11H,4-7H2,1-3H3,(H,16,17). The van der Waals surface area contributed by atoms with Crippen LogP contribution in [0.4, 0.5) is 4.79 Å². The number of carboxylic acids is 1. The van der Waals surface area contributed by atoms with Crippen LogP contribution in [0, 0.1) is 5.92 Å². The van der Waals surface area contributed by atoms with Gasteiger partial charge in [-0.25, -0.2) is 9.59 Å². The van der Waals surface area contributed by atoms with E-state index >= 15 is 0 Å². The lowest BCUT2D eigenvalue weighted by molar-refractivity contribution is -0.142. The maximum atomic E-state index is 12.5. The largest absolute Gasteiger partial charge is 0.480 e. The van der Waals surface area contributed by atoms with Gasteiger partial charge in [0.15, 0.2) is 0 Å². The van der Waals surface area contributed by atoms with Crippen molar-refractivity contribution >= 4 is 12.0 Å². The third-order valence-electron chi connectivity index (χ3n) is 3.89. The second-order valence-corrected chi connectivity index (χ2v) is 5.69. The molecule has 0 aliphatic carbocycles. The Morgan fingerprint density at radius 1 is 1.16 bits per heavy atom. The molecule has 6 nitrogen and oxygen atoms in total. The maximum Gasteiger partial charge on any atom is 0.326 e. The highest BCUT2D eigenvalue weighted by Crippen LogP contribution is 2.26. The van der Waals surface area contributed by atoms with Gasteiger partial charge >= 0.3 is 12.0 Å². The van der Waals surface area contributed by atoms with Crippen LogP contribution in [-0.4, -0.2) is 64.8 Å². The summed E-state index contributed by atoms with van der Waals surface area (Å²) in [7, 11) is 0. The molecule has 0 saturated carbocycles. The number of morpholine rings is 1. The Balaban J connectivity index is 2.08. The first-order chi connectivity index (χ1) is 8.90. The number of hydrogen-bond donors (Lipinski definition) is 1. The molecule has 0 aromatic carbocycles. The molecule has 2 rings (SSSR count). The van der Waals surface area contributed by atoms with Crippen molar-refractivity contribution in [2.24, 2.45) is 5.92 Å². The highest BCUT2D eigenvalue weighted by atomic mass is 16.5. The summed E-state index contributed by atoms with van der Waals surface area (Å²) in [6.07, 6.45) is 0.741. The highest BCUT2D eigenvalue weighted by molar-refractivity contribution is 5.83. The molecule has 2 heterocycles. The number of rotatable bonds is 1. The van der Waals surface area contributed by atoms with Crippen LogP contribution in [0.1, 0.15) is 27.2 Å². The molecule has 0 aromatic rings. The van der Waals surface area contributed by atoms with E-state index in [1.54, 1.807) is 4.90 Å². The van der Waals surface area contributed by atoms with Crippen molar-refractivity contribution in [3.8, 4) is 0 Å². The molecule has 2 fully saturated rings. The summed E-state index contributed by atoms with van der Waals surface area (Å²) in [5.41, 5.74) is 0. The minimum atomic E-state index is -0.910. The van der Waals surface area contributed by atoms with Gasteiger partial charge in [-0.15, -0.1) is 0 Å². The van der Waals surface area contributed by atoms with Gasteiger partial charge in [0.05, 0.1) is 12.2 Å². The van der Waals surface area contributed by atoms with E-state index in [9.17, 15) is 14.7 Å². The molecule has 2 aliphatic heterocycles. The van der Waals surface area contributed by atoms with Crippen LogP contribution in [0.5, 0.6) is 0 Å². The topological polar surface area (TPSA) is 70.1 Å². The van der Waals surface area contributed by atoms with Crippen LogP contribution in [-0.2, 0) is 9.53 Å². The molecule has 0 aromatic heterocycles. The third kappa shape index (κ3) is 2.83. The number of carbonyl (C=O) groups excluding carboxylic acids is 1. The van der Waals surface area contributed by atoms with E-state index < -0.39 is 12.0 Å². The van der Waals surface area contributed by atoms with Crippen LogP contribution in [0.3, 0.4) is 0 Å². The molecule has 19 heavy (non-hydrogen) atoms. The smallest absolute Gasteiger partial charge is 0.326 e. The predicted molar refractivity (Wildman–Crippen MR) is 68.9 cm³/mol. The van der Waals surface area contributed by atoms with E-state index in [0.29, 0.717) is 19.6 Å². The highest BCUT2D eigenvalue weighted by Gasteiger charge is 2.42. The normalized spacial score (nSPS) is 35.5. The van der Waals surface area contributed by atoms with Crippen molar-refractivity contribution in [3.63, 3.8) is 0 Å². The summed E-state index contributed by atoms with van der Waals surface area (Å²) in [6, 6.07) is -0.861. The summed E-state index contributed by atoms with van der Waals surface area (Å²) in [5.74, 6) is -0.898. The van der Waals surface area contributed by atoms with Gasteiger partial charge < -0.3 is 19.6 Å². The van der Waals surface area contributed by atoms with Crippen LogP contribution < -0.4 is 0 Å². The zero-order valence-corrected chi connectivity index (χ0v) is 11.7. The first-order valence-corrected chi connectivity index (χ1v) is 6.84. The van der Waals surface area contributed by atoms with E-state index in [4.69, 9.17) is 4.74 Å². The van der Waals surface area contributed by atoms with E-state index in [0.717, 1.165) is 6.42 Å². The second kappa shape index (κ2) is 5.36. The van der Waals surface area contributed by atoms with Crippen LogP contribution >= 0.6 is 0 Å². The number of ether oxygens (including phenoxy) is 1. The van der Waals surface area contributed by atoms with Gasteiger partial charge in [-0.1, -0.05) is 6.92 Å². The molecule has 2 saturated heterocycles. The minimum Gasteiger partial charge on any atom is -0.480 e. The second-order valence-electron chi connectivity index (χ2n) is 5.69. The first-order valence-electron chi connectivity index (χ1n) is 6.84. The SMILES string of the molecule is CC1CN(C(=O)N2CCC(C)C2C(=O)O)CC(C)O1. The van der Waals surface area contributed by atoms with Crippen molar-refractivity contribution in [1.29, 1.82) is 0 Å². The molecule has 4 unspecified atom stereocenters. The van der Waals surface area contributed by atoms with E-state index in [1.165, 1.54) is 4.90 Å². The zero-order chi connectivity index (χ0) is 14.2. The molecular formula is C13H22N2O4. The molecule has 0 spiro atoms. The Kier molecular flexibility index (Phi) is 3.99. The quantitative estimate of drug-likeness (QED) is 0.772. The Morgan fingerprint density at radius 3 is 2.26 bits per heavy atom. The van der Waals surface area contributed by atoms with Crippen molar-refractivity contribution < 1.29 is 19.4 Å². The van der Waals surface area contributed by atoms with Crippen molar-refractivity contribution in [2.45, 2.75) is 45.4 Å². The third-order valence-corrected chi connectivity index (χ3v) is 3.89. The molecule has 4 atom stereocenters. The molecule has 6 heteroatoms. The molecule has 2 aliphatic rings. The average Bonchev–Trinajstić information content (AvgIpc) is 2.68. The van der Waals surface area contributed by atoms with Gasteiger partial charge in [0.2, 0.25) is 0 Å². The molecule has 0 bridgehead atoms. The van der Waals surface area contributed by atoms with E-state index in [2.05, 4.69) is 0 Å². The lowest BCUT2D eigenvalue weighted by Gasteiger charge is -2.38. The molecule has 0 radical (unpaired) electrons. The average molecular weight is 270 g/mol. The van der Waals surface area contributed by atoms with Gasteiger partial charge in [0.1, 0.15) is 6.04 Å². The Bertz CT molecular complexity index is 364. The number of carboxylic acid groups (broad SMARTS) is 1. The first kappa shape index (κ1) is 14.1. The van der Waals surface area contributed by atoms with Crippen LogP contribution in [0.25, 0.3) is 0 Å². The summed E-state index contributed by atoms with van der Waals surface area (Å²) in [6.45, 7) is 7.32. The summed E-state index contributed by atoms with van der Waals surface area (Å²) < 4.78 is 5.60. The predicted octanol–water partition coefficient (Wildman–Crippen LogP) is 1.01. The molecule has 1 N–H and O–H groups in total. The van der Waals surface area contributed by atoms with Gasteiger partial charge in [-0.2, -0.15) is 0 Å². The minimum absolute atomic E-state index is 0.00370. The Hall–Kier alpha value is -1.30. The Morgan fingerprint density at radius 2 is 1.74 bits per heavy atom. The maximum absolute atomic E-state index is 12.5. The van der Waals surface area contributed by atoms with Crippen LogP contribution in [0.2, 0.25) is 0 Å². The van der Waals surface area contributed by atoms with Crippen LogP contribution in [0.15, 0.2) is 0 Å². The number of urea groups is 1. The van der Waals surface area contributed by atoms with Gasteiger partial charge in [-0.3, -0.25) is 0 Å². The lowest BCUT2D eigenvalue weighted by Crippen LogP contribution is -2.55. The van der Waals surface area contributed by atoms with Crippen molar-refractivity contribution in [2.75, 3.05) is 19.6 Å². The molecule has 2 amide bonds. The fourth-order valence-corrected chi connectivity index (χ4v) is 3.05. The number of likely N-dealkylation sites (tertiary alicyclic amines) is 1. The van der Waals surface area contributed by atoms with Crippen molar-refractivity contribution in [3.05, 3.63) is 0 Å². The molecular weight excluding hydrogens is 248 g/mol. The van der Waals surface area contributed by atoms with E-state index in [-0.39, 0.29) is 24.2 Å². The Labute approximate surface area is 113 Å². The van der Waals surface area contributed by atoms with Gasteiger partial charge in [0.25, 0.3) is 0 Å². The number of amides is 2. The fourth-order valence-electron chi connectivity index (χ4n) is 3.05. The zero-order valence-electron chi connectivity index (χ0n) is 11.7. The number of carbonyl (C=O) groups is 2. The summed E-state index contributed by atoms with van der Waals surface area (Å²) >= 11 is 0. The number of aliphatic carboxylic acids is 1. The monoisotopic (exact) mass is 270 g/mol. The van der Waals surface area contributed by atoms with Crippen molar-refractivity contribution in [1.82, 2.24) is 9.80 Å². The summed E-state index contributed by atoms with van der Waals surface area (Å²) in [5, 5.41) is 9.27. The lowest BCUT2D eigenvalue weighted by atomic mass is 10.0. The summed E-state index contributed by atoms with van der Waals surface area (Å²) in [4.78, 5) is 27.0. The molecule has 108 valence electrons. The fraction of sp³-hybridized carbons (Fsp3) is 0.846.